The zero-order chi connectivity index (χ0) is 11.4. The molecule has 0 saturated carbocycles. The van der Waals surface area contributed by atoms with Crippen LogP contribution in [0.1, 0.15) is 21.5 Å². The van der Waals surface area contributed by atoms with E-state index in [2.05, 4.69) is 20.7 Å². The highest BCUT2D eigenvalue weighted by molar-refractivity contribution is 9.10. The molecule has 0 amide bonds. The minimum absolute atomic E-state index is 0.129. The van der Waals surface area contributed by atoms with Crippen LogP contribution < -0.4 is 0 Å². The molecule has 0 heterocycles. The lowest BCUT2D eigenvalue weighted by atomic mass is 10.00. The predicted octanol–water partition coefficient (Wildman–Crippen LogP) is 2.29. The molecule has 1 aromatic carbocycles. The maximum absolute atomic E-state index is 11.1. The van der Waals surface area contributed by atoms with Crippen LogP contribution in [0.2, 0.25) is 0 Å². The lowest BCUT2D eigenvalue weighted by Crippen LogP contribution is -2.08. The fourth-order valence-corrected chi connectivity index (χ4v) is 1.95. The zero-order valence-corrected chi connectivity index (χ0v) is 10.1. The molecule has 0 atom stereocenters. The van der Waals surface area contributed by atoms with Gasteiger partial charge in [0.1, 0.15) is 6.29 Å². The molecule has 0 radical (unpaired) electrons. The Morgan fingerprint density at radius 3 is 2.73 bits per heavy atom. The van der Waals surface area contributed by atoms with Crippen LogP contribution in [0.5, 0.6) is 0 Å². The van der Waals surface area contributed by atoms with Crippen molar-refractivity contribution in [3.8, 4) is 0 Å². The summed E-state index contributed by atoms with van der Waals surface area (Å²) in [4.78, 5) is 22.0. The van der Waals surface area contributed by atoms with Crippen molar-refractivity contribution in [3.63, 3.8) is 0 Å². The van der Waals surface area contributed by atoms with Crippen LogP contribution in [0.15, 0.2) is 16.6 Å². The van der Waals surface area contributed by atoms with E-state index in [1.807, 2.05) is 13.0 Å². The summed E-state index contributed by atoms with van der Waals surface area (Å²) in [6, 6.07) is 3.56. The highest BCUT2D eigenvalue weighted by atomic mass is 79.9. The van der Waals surface area contributed by atoms with Crippen LogP contribution >= 0.6 is 15.9 Å². The molecule has 80 valence electrons. The van der Waals surface area contributed by atoms with Crippen molar-refractivity contribution < 1.29 is 14.3 Å². The molecule has 0 unspecified atom stereocenters. The second kappa shape index (κ2) is 5.07. The average molecular weight is 271 g/mol. The van der Waals surface area contributed by atoms with Gasteiger partial charge in [0, 0.05) is 10.0 Å². The smallest absolute Gasteiger partial charge is 0.310 e. The molecule has 0 spiro atoms. The summed E-state index contributed by atoms with van der Waals surface area (Å²) in [5.74, 6) is -0.344. The van der Waals surface area contributed by atoms with Gasteiger partial charge in [-0.2, -0.15) is 0 Å². The summed E-state index contributed by atoms with van der Waals surface area (Å²) < 4.78 is 5.40. The minimum Gasteiger partial charge on any atom is -0.469 e. The van der Waals surface area contributed by atoms with E-state index in [1.54, 1.807) is 6.07 Å². The third kappa shape index (κ3) is 2.89. The van der Waals surface area contributed by atoms with Gasteiger partial charge < -0.3 is 4.74 Å². The Morgan fingerprint density at radius 2 is 2.20 bits per heavy atom. The van der Waals surface area contributed by atoms with E-state index in [4.69, 9.17) is 0 Å². The first-order chi connectivity index (χ1) is 7.08. The largest absolute Gasteiger partial charge is 0.469 e. The number of benzene rings is 1. The lowest BCUT2D eigenvalue weighted by molar-refractivity contribution is -0.139. The third-order valence-corrected chi connectivity index (χ3v) is 2.61. The zero-order valence-electron chi connectivity index (χ0n) is 8.54. The molecule has 0 bridgehead atoms. The van der Waals surface area contributed by atoms with E-state index in [0.717, 1.165) is 21.9 Å². The predicted molar refractivity (Wildman–Crippen MR) is 60.0 cm³/mol. The van der Waals surface area contributed by atoms with Crippen molar-refractivity contribution in [3.05, 3.63) is 33.3 Å². The molecular formula is C11H11BrO3. The van der Waals surface area contributed by atoms with Crippen molar-refractivity contribution >= 4 is 28.2 Å². The minimum atomic E-state index is -0.344. The van der Waals surface area contributed by atoms with Crippen LogP contribution in [-0.2, 0) is 16.0 Å². The van der Waals surface area contributed by atoms with Crippen molar-refractivity contribution in [1.82, 2.24) is 0 Å². The van der Waals surface area contributed by atoms with Gasteiger partial charge in [-0.05, 0) is 30.2 Å². The Bertz CT molecular complexity index is 399. The van der Waals surface area contributed by atoms with E-state index in [9.17, 15) is 9.59 Å². The van der Waals surface area contributed by atoms with Crippen LogP contribution in [0, 0.1) is 6.92 Å². The first-order valence-corrected chi connectivity index (χ1v) is 5.18. The molecule has 0 N–H and O–H groups in total. The Kier molecular flexibility index (Phi) is 4.03. The molecule has 0 aliphatic heterocycles. The molecule has 1 rings (SSSR count). The van der Waals surface area contributed by atoms with E-state index < -0.39 is 0 Å². The molecule has 0 fully saturated rings. The Balaban J connectivity index is 3.15. The number of carbonyl (C=O) groups excluding carboxylic acids is 2. The molecule has 4 heteroatoms. The Labute approximate surface area is 96.6 Å². The lowest BCUT2D eigenvalue weighted by Gasteiger charge is -2.08. The molecule has 0 aliphatic rings. The molecule has 1 aromatic rings. The number of aryl methyl sites for hydroxylation is 1. The van der Waals surface area contributed by atoms with Gasteiger partial charge >= 0.3 is 5.97 Å². The monoisotopic (exact) mass is 270 g/mol. The van der Waals surface area contributed by atoms with Gasteiger partial charge in [0.15, 0.2) is 0 Å². The Morgan fingerprint density at radius 1 is 1.53 bits per heavy atom. The Hall–Kier alpha value is -1.16. The van der Waals surface area contributed by atoms with Gasteiger partial charge in [0.25, 0.3) is 0 Å². The van der Waals surface area contributed by atoms with Gasteiger partial charge in [-0.25, -0.2) is 0 Å². The van der Waals surface area contributed by atoms with E-state index in [-0.39, 0.29) is 12.4 Å². The summed E-state index contributed by atoms with van der Waals surface area (Å²) in [6.07, 6.45) is 0.875. The second-order valence-electron chi connectivity index (χ2n) is 3.16. The number of aldehydes is 1. The molecule has 15 heavy (non-hydrogen) atoms. The summed E-state index contributed by atoms with van der Waals surface area (Å²) in [5, 5.41) is 0. The maximum atomic E-state index is 11.1. The fourth-order valence-electron chi connectivity index (χ4n) is 1.36. The highest BCUT2D eigenvalue weighted by Crippen LogP contribution is 2.20. The number of carbonyl (C=O) groups is 2. The number of halogens is 1. The first kappa shape index (κ1) is 11.9. The van der Waals surface area contributed by atoms with Crippen molar-refractivity contribution in [2.45, 2.75) is 13.3 Å². The van der Waals surface area contributed by atoms with Gasteiger partial charge in [0.2, 0.25) is 0 Å². The second-order valence-corrected chi connectivity index (χ2v) is 4.08. The molecule has 0 aromatic heterocycles. The number of ether oxygens (including phenoxy) is 1. The number of hydrogen-bond acceptors (Lipinski definition) is 3. The standard InChI is InChI=1S/C11H11BrO3/c1-7-3-9(12)4-8(6-13)10(7)5-11(14)15-2/h3-4,6H,5H2,1-2H3. The van der Waals surface area contributed by atoms with Crippen molar-refractivity contribution in [2.24, 2.45) is 0 Å². The van der Waals surface area contributed by atoms with Crippen molar-refractivity contribution in [1.29, 1.82) is 0 Å². The van der Waals surface area contributed by atoms with Crippen LogP contribution in [0.25, 0.3) is 0 Å². The van der Waals surface area contributed by atoms with E-state index >= 15 is 0 Å². The van der Waals surface area contributed by atoms with Crippen LogP contribution in [0.3, 0.4) is 0 Å². The topological polar surface area (TPSA) is 43.4 Å². The SMILES string of the molecule is COC(=O)Cc1c(C)cc(Br)cc1C=O. The molecule has 0 aliphatic carbocycles. The number of esters is 1. The van der Waals surface area contributed by atoms with Gasteiger partial charge in [-0.1, -0.05) is 15.9 Å². The van der Waals surface area contributed by atoms with Gasteiger partial charge in [0.05, 0.1) is 13.5 Å². The van der Waals surface area contributed by atoms with Crippen LogP contribution in [0.4, 0.5) is 0 Å². The van der Waals surface area contributed by atoms with E-state index in [1.165, 1.54) is 7.11 Å². The first-order valence-electron chi connectivity index (χ1n) is 4.39. The number of methoxy groups -OCH3 is 1. The summed E-state index contributed by atoms with van der Waals surface area (Å²) in [7, 11) is 1.33. The number of rotatable bonds is 3. The quantitative estimate of drug-likeness (QED) is 0.625. The maximum Gasteiger partial charge on any atom is 0.310 e. The van der Waals surface area contributed by atoms with Gasteiger partial charge in [-0.3, -0.25) is 9.59 Å². The van der Waals surface area contributed by atoms with E-state index in [0.29, 0.717) is 5.56 Å². The fraction of sp³-hybridized carbons (Fsp3) is 0.273. The molecular weight excluding hydrogens is 260 g/mol. The third-order valence-electron chi connectivity index (χ3n) is 2.15. The average Bonchev–Trinajstić information content (AvgIpc) is 2.21. The molecule has 0 saturated heterocycles. The van der Waals surface area contributed by atoms with Gasteiger partial charge in [-0.15, -0.1) is 0 Å². The normalized spacial score (nSPS) is 9.80. The van der Waals surface area contributed by atoms with Crippen LogP contribution in [-0.4, -0.2) is 19.4 Å². The molecule has 3 nitrogen and oxygen atoms in total. The number of hydrogen-bond donors (Lipinski definition) is 0. The van der Waals surface area contributed by atoms with Crippen molar-refractivity contribution in [2.75, 3.05) is 7.11 Å². The summed E-state index contributed by atoms with van der Waals surface area (Å²) in [6.45, 7) is 1.86. The summed E-state index contributed by atoms with van der Waals surface area (Å²) >= 11 is 3.30. The highest BCUT2D eigenvalue weighted by Gasteiger charge is 2.11. The summed E-state index contributed by atoms with van der Waals surface area (Å²) in [5.41, 5.74) is 2.14.